The number of hydrogen-bond donors (Lipinski definition) is 2. The molecule has 2 N–H and O–H groups in total. The molecule has 160 valence electrons. The quantitative estimate of drug-likeness (QED) is 0.690. The molecule has 0 saturated carbocycles. The van der Waals surface area contributed by atoms with Crippen molar-refractivity contribution >= 4 is 17.5 Å². The zero-order valence-corrected chi connectivity index (χ0v) is 17.3. The molecule has 0 unspecified atom stereocenters. The van der Waals surface area contributed by atoms with E-state index in [2.05, 4.69) is 10.6 Å². The van der Waals surface area contributed by atoms with E-state index in [1.165, 1.54) is 21.3 Å². The third kappa shape index (κ3) is 4.83. The number of carbonyl (C=O) groups is 2. The average molecular weight is 414 g/mol. The van der Waals surface area contributed by atoms with Gasteiger partial charge in [-0.05, 0) is 49.2 Å². The lowest BCUT2D eigenvalue weighted by Gasteiger charge is -2.15. The highest BCUT2D eigenvalue weighted by Gasteiger charge is 2.21. The van der Waals surface area contributed by atoms with E-state index in [0.717, 1.165) is 19.4 Å². The summed E-state index contributed by atoms with van der Waals surface area (Å²) in [6.07, 6.45) is 2.08. The molecule has 8 nitrogen and oxygen atoms in total. The summed E-state index contributed by atoms with van der Waals surface area (Å²) >= 11 is 0. The lowest BCUT2D eigenvalue weighted by molar-refractivity contribution is 0.0857. The summed E-state index contributed by atoms with van der Waals surface area (Å²) in [6, 6.07) is 9.90. The molecule has 30 heavy (non-hydrogen) atoms. The Labute approximate surface area is 175 Å². The minimum Gasteiger partial charge on any atom is -0.493 e. The molecule has 0 aromatic heterocycles. The fourth-order valence-electron chi connectivity index (χ4n) is 3.30. The summed E-state index contributed by atoms with van der Waals surface area (Å²) < 4.78 is 21.4. The van der Waals surface area contributed by atoms with Crippen LogP contribution in [0.3, 0.4) is 0 Å². The van der Waals surface area contributed by atoms with Crippen LogP contribution in [0.1, 0.15) is 33.6 Å². The molecule has 3 rings (SSSR count). The van der Waals surface area contributed by atoms with Crippen molar-refractivity contribution in [2.24, 2.45) is 0 Å². The number of nitrogens with one attached hydrogen (secondary N) is 2. The van der Waals surface area contributed by atoms with Crippen molar-refractivity contribution in [2.45, 2.75) is 18.9 Å². The number of carbonyl (C=O) groups excluding carboxylic acids is 2. The Balaban J connectivity index is 1.66. The molecule has 2 amide bonds. The van der Waals surface area contributed by atoms with E-state index >= 15 is 0 Å². The van der Waals surface area contributed by atoms with Crippen LogP contribution in [0.25, 0.3) is 0 Å². The maximum atomic E-state index is 12.7. The lowest BCUT2D eigenvalue weighted by atomic mass is 10.1. The van der Waals surface area contributed by atoms with Gasteiger partial charge in [0.1, 0.15) is 0 Å². The Morgan fingerprint density at radius 3 is 2.30 bits per heavy atom. The highest BCUT2D eigenvalue weighted by atomic mass is 16.5. The maximum Gasteiger partial charge on any atom is 0.259 e. The molecule has 0 radical (unpaired) electrons. The summed E-state index contributed by atoms with van der Waals surface area (Å²) in [5, 5.41) is 5.67. The predicted molar refractivity (Wildman–Crippen MR) is 112 cm³/mol. The molecular formula is C22H26N2O6. The summed E-state index contributed by atoms with van der Waals surface area (Å²) in [5.41, 5.74) is 1.36. The van der Waals surface area contributed by atoms with Gasteiger partial charge in [-0.2, -0.15) is 0 Å². The molecule has 1 aliphatic heterocycles. The second-order valence-corrected chi connectivity index (χ2v) is 6.76. The zero-order chi connectivity index (χ0) is 21.5. The van der Waals surface area contributed by atoms with E-state index in [1.807, 2.05) is 0 Å². The van der Waals surface area contributed by atoms with Crippen molar-refractivity contribution < 1.29 is 28.5 Å². The maximum absolute atomic E-state index is 12.7. The van der Waals surface area contributed by atoms with Crippen LogP contribution in [0, 0.1) is 0 Å². The van der Waals surface area contributed by atoms with Gasteiger partial charge in [-0.3, -0.25) is 9.59 Å². The Hall–Kier alpha value is -3.26. The fourth-order valence-corrected chi connectivity index (χ4v) is 3.30. The largest absolute Gasteiger partial charge is 0.493 e. The van der Waals surface area contributed by atoms with Gasteiger partial charge in [-0.15, -0.1) is 0 Å². The summed E-state index contributed by atoms with van der Waals surface area (Å²) in [4.78, 5) is 25.0. The first-order valence-electron chi connectivity index (χ1n) is 9.67. The normalized spacial score (nSPS) is 15.4. The molecule has 0 spiro atoms. The van der Waals surface area contributed by atoms with Crippen molar-refractivity contribution in [1.29, 1.82) is 0 Å². The Morgan fingerprint density at radius 1 is 0.967 bits per heavy atom. The van der Waals surface area contributed by atoms with Crippen molar-refractivity contribution in [3.8, 4) is 17.2 Å². The monoisotopic (exact) mass is 414 g/mol. The van der Waals surface area contributed by atoms with Crippen molar-refractivity contribution in [2.75, 3.05) is 39.8 Å². The second kappa shape index (κ2) is 9.98. The second-order valence-electron chi connectivity index (χ2n) is 6.76. The zero-order valence-electron chi connectivity index (χ0n) is 17.3. The van der Waals surface area contributed by atoms with Crippen LogP contribution >= 0.6 is 0 Å². The van der Waals surface area contributed by atoms with Crippen molar-refractivity contribution in [1.82, 2.24) is 5.32 Å². The first kappa shape index (κ1) is 21.4. The van der Waals surface area contributed by atoms with Crippen molar-refractivity contribution in [3.05, 3.63) is 47.5 Å². The molecule has 8 heteroatoms. The van der Waals surface area contributed by atoms with Crippen LogP contribution in [0.5, 0.6) is 17.2 Å². The molecule has 1 aliphatic rings. The summed E-state index contributed by atoms with van der Waals surface area (Å²) in [6.45, 7) is 1.25. The highest BCUT2D eigenvalue weighted by molar-refractivity contribution is 6.07. The third-order valence-electron chi connectivity index (χ3n) is 4.87. The Morgan fingerprint density at radius 2 is 1.70 bits per heavy atom. The topological polar surface area (TPSA) is 95.1 Å². The van der Waals surface area contributed by atoms with Crippen LogP contribution in [0.2, 0.25) is 0 Å². The van der Waals surface area contributed by atoms with Gasteiger partial charge in [0.05, 0.1) is 33.0 Å². The van der Waals surface area contributed by atoms with E-state index in [1.54, 1.807) is 36.4 Å². The summed E-state index contributed by atoms with van der Waals surface area (Å²) in [5.74, 6) is 0.531. The van der Waals surface area contributed by atoms with Crippen LogP contribution in [-0.2, 0) is 4.74 Å². The van der Waals surface area contributed by atoms with Crippen molar-refractivity contribution in [3.63, 3.8) is 0 Å². The smallest absolute Gasteiger partial charge is 0.259 e. The minimum absolute atomic E-state index is 0.0870. The average Bonchev–Trinajstić information content (AvgIpc) is 3.30. The number of amides is 2. The minimum atomic E-state index is -0.372. The van der Waals surface area contributed by atoms with Gasteiger partial charge in [0.25, 0.3) is 11.8 Å². The van der Waals surface area contributed by atoms with Gasteiger partial charge < -0.3 is 29.6 Å². The van der Waals surface area contributed by atoms with Crippen LogP contribution in [-0.4, -0.2) is 52.4 Å². The molecule has 0 aliphatic carbocycles. The number of rotatable bonds is 8. The summed E-state index contributed by atoms with van der Waals surface area (Å²) in [7, 11) is 4.44. The molecule has 1 saturated heterocycles. The van der Waals surface area contributed by atoms with Crippen LogP contribution in [0.15, 0.2) is 36.4 Å². The molecule has 1 fully saturated rings. The number of ether oxygens (including phenoxy) is 4. The molecular weight excluding hydrogens is 388 g/mol. The standard InChI is InChI=1S/C22H26N2O6/c1-27-18-11-10-17(19(28-2)20(18)29-3)22(26)24-15-8-6-14(7-9-15)21(25)23-13-16-5-4-12-30-16/h6-11,16H,4-5,12-13H2,1-3H3,(H,23,25)(H,24,26)/t16-/m0/s1. The van der Waals surface area contributed by atoms with E-state index in [4.69, 9.17) is 18.9 Å². The first-order valence-corrected chi connectivity index (χ1v) is 9.67. The molecule has 0 bridgehead atoms. The lowest BCUT2D eigenvalue weighted by Crippen LogP contribution is -2.31. The number of benzene rings is 2. The van der Waals surface area contributed by atoms with Crippen LogP contribution in [0.4, 0.5) is 5.69 Å². The van der Waals surface area contributed by atoms with Crippen LogP contribution < -0.4 is 24.8 Å². The first-order chi connectivity index (χ1) is 14.6. The van der Waals surface area contributed by atoms with Gasteiger partial charge in [-0.1, -0.05) is 0 Å². The van der Waals surface area contributed by atoms with E-state index in [-0.39, 0.29) is 23.7 Å². The molecule has 2 aromatic carbocycles. The number of anilines is 1. The number of methoxy groups -OCH3 is 3. The van der Waals surface area contributed by atoms with Gasteiger partial charge in [0.2, 0.25) is 5.75 Å². The SMILES string of the molecule is COc1ccc(C(=O)Nc2ccc(C(=O)NC[C@@H]3CCCO3)cc2)c(OC)c1OC. The predicted octanol–water partition coefficient (Wildman–Crippen LogP) is 2.87. The van der Waals surface area contributed by atoms with E-state index in [0.29, 0.717) is 34.9 Å². The van der Waals surface area contributed by atoms with Gasteiger partial charge in [-0.25, -0.2) is 0 Å². The Bertz CT molecular complexity index is 891. The fraction of sp³-hybridized carbons (Fsp3) is 0.364. The van der Waals surface area contributed by atoms with Gasteiger partial charge in [0, 0.05) is 24.4 Å². The van der Waals surface area contributed by atoms with E-state index < -0.39 is 0 Å². The van der Waals surface area contributed by atoms with E-state index in [9.17, 15) is 9.59 Å². The highest BCUT2D eigenvalue weighted by Crippen LogP contribution is 2.39. The molecule has 2 aromatic rings. The van der Waals surface area contributed by atoms with Gasteiger partial charge in [0.15, 0.2) is 11.5 Å². The Kier molecular flexibility index (Phi) is 7.13. The number of hydrogen-bond acceptors (Lipinski definition) is 6. The molecule has 1 heterocycles. The molecule has 1 atom stereocenters. The third-order valence-corrected chi connectivity index (χ3v) is 4.87. The van der Waals surface area contributed by atoms with Gasteiger partial charge >= 0.3 is 0 Å².